The summed E-state index contributed by atoms with van der Waals surface area (Å²) in [5.41, 5.74) is 0.523. The van der Waals surface area contributed by atoms with Crippen molar-refractivity contribution >= 4 is 28.5 Å². The van der Waals surface area contributed by atoms with Crippen LogP contribution in [0, 0.1) is 9.49 Å². The lowest BCUT2D eigenvalue weighted by atomic mass is 9.97. The molecule has 1 aliphatic rings. The molecule has 0 aliphatic carbocycles. The molecule has 1 aromatic rings. The Morgan fingerprint density at radius 2 is 2.06 bits per heavy atom. The first-order valence-electron chi connectivity index (χ1n) is 6.00. The second kappa shape index (κ2) is 5.88. The van der Waals surface area contributed by atoms with E-state index in [1.54, 1.807) is 17.0 Å². The molecule has 1 saturated heterocycles. The Labute approximate surface area is 120 Å². The Morgan fingerprint density at radius 1 is 1.39 bits per heavy atom. The molecule has 0 unspecified atom stereocenters. The highest BCUT2D eigenvalue weighted by atomic mass is 127. The zero-order valence-corrected chi connectivity index (χ0v) is 12.1. The standard InChI is InChI=1S/C13H16INO3/c14-11-2-1-10(7-12(11)17)13(18)15-5-3-9(8-16)4-6-15/h1-2,7,9,16-17H,3-6,8H2. The van der Waals surface area contributed by atoms with Gasteiger partial charge in [-0.1, -0.05) is 0 Å². The molecule has 1 aromatic carbocycles. The Hall–Kier alpha value is -0.820. The quantitative estimate of drug-likeness (QED) is 0.791. The van der Waals surface area contributed by atoms with Crippen molar-refractivity contribution in [3.05, 3.63) is 27.3 Å². The number of aliphatic hydroxyl groups excluding tert-OH is 1. The van der Waals surface area contributed by atoms with Gasteiger partial charge in [0.1, 0.15) is 5.75 Å². The number of hydrogen-bond acceptors (Lipinski definition) is 3. The average Bonchev–Trinajstić information content (AvgIpc) is 2.41. The fraction of sp³-hybridized carbons (Fsp3) is 0.462. The maximum atomic E-state index is 12.2. The van der Waals surface area contributed by atoms with Crippen molar-refractivity contribution in [2.24, 2.45) is 5.92 Å². The summed E-state index contributed by atoms with van der Waals surface area (Å²) >= 11 is 2.02. The van der Waals surface area contributed by atoms with E-state index >= 15 is 0 Å². The van der Waals surface area contributed by atoms with Crippen molar-refractivity contribution in [1.29, 1.82) is 0 Å². The molecule has 0 radical (unpaired) electrons. The second-order valence-electron chi connectivity index (χ2n) is 4.58. The highest BCUT2D eigenvalue weighted by Crippen LogP contribution is 2.23. The molecule has 0 spiro atoms. The van der Waals surface area contributed by atoms with E-state index in [0.29, 0.717) is 24.6 Å². The number of amides is 1. The third kappa shape index (κ3) is 2.95. The minimum atomic E-state index is -0.0434. The van der Waals surface area contributed by atoms with E-state index in [9.17, 15) is 9.90 Å². The van der Waals surface area contributed by atoms with Gasteiger partial charge < -0.3 is 15.1 Å². The van der Waals surface area contributed by atoms with E-state index in [4.69, 9.17) is 5.11 Å². The Bertz CT molecular complexity index is 442. The molecule has 5 heteroatoms. The minimum Gasteiger partial charge on any atom is -0.507 e. The van der Waals surface area contributed by atoms with E-state index in [1.165, 1.54) is 6.07 Å². The summed E-state index contributed by atoms with van der Waals surface area (Å²) in [6.45, 7) is 1.56. The Balaban J connectivity index is 2.05. The Kier molecular flexibility index (Phi) is 4.45. The van der Waals surface area contributed by atoms with Crippen molar-refractivity contribution in [2.75, 3.05) is 19.7 Å². The molecular formula is C13H16INO3. The van der Waals surface area contributed by atoms with Crippen LogP contribution in [-0.2, 0) is 0 Å². The van der Waals surface area contributed by atoms with Crippen LogP contribution in [0.5, 0.6) is 5.75 Å². The number of phenols is 1. The van der Waals surface area contributed by atoms with Gasteiger partial charge in [-0.05, 0) is 59.5 Å². The number of nitrogens with zero attached hydrogens (tertiary/aromatic N) is 1. The lowest BCUT2D eigenvalue weighted by molar-refractivity contribution is 0.0650. The molecule has 18 heavy (non-hydrogen) atoms. The summed E-state index contributed by atoms with van der Waals surface area (Å²) in [5.74, 6) is 0.420. The van der Waals surface area contributed by atoms with Gasteiger partial charge in [-0.2, -0.15) is 0 Å². The molecule has 2 N–H and O–H groups in total. The van der Waals surface area contributed by atoms with Crippen LogP contribution in [0.3, 0.4) is 0 Å². The van der Waals surface area contributed by atoms with Crippen LogP contribution in [0.25, 0.3) is 0 Å². The number of benzene rings is 1. The normalized spacial score (nSPS) is 16.9. The van der Waals surface area contributed by atoms with E-state index in [0.717, 1.165) is 16.4 Å². The summed E-state index contributed by atoms with van der Waals surface area (Å²) in [6.07, 6.45) is 1.69. The van der Waals surface area contributed by atoms with Crippen molar-refractivity contribution in [3.8, 4) is 5.75 Å². The first-order valence-corrected chi connectivity index (χ1v) is 7.08. The topological polar surface area (TPSA) is 60.8 Å². The summed E-state index contributed by atoms with van der Waals surface area (Å²) < 4.78 is 0.739. The zero-order valence-electron chi connectivity index (χ0n) is 9.97. The monoisotopic (exact) mass is 361 g/mol. The summed E-state index contributed by atoms with van der Waals surface area (Å²) in [7, 11) is 0. The van der Waals surface area contributed by atoms with Gasteiger partial charge in [0.25, 0.3) is 5.91 Å². The molecule has 0 aromatic heterocycles. The average molecular weight is 361 g/mol. The second-order valence-corrected chi connectivity index (χ2v) is 5.75. The van der Waals surface area contributed by atoms with Gasteiger partial charge in [-0.25, -0.2) is 0 Å². The van der Waals surface area contributed by atoms with Crippen LogP contribution in [0.2, 0.25) is 0 Å². The first-order chi connectivity index (χ1) is 8.61. The SMILES string of the molecule is O=C(c1ccc(I)c(O)c1)N1CCC(CO)CC1. The maximum absolute atomic E-state index is 12.2. The van der Waals surface area contributed by atoms with Crippen LogP contribution < -0.4 is 0 Å². The van der Waals surface area contributed by atoms with Crippen molar-refractivity contribution < 1.29 is 15.0 Å². The number of piperidine rings is 1. The van der Waals surface area contributed by atoms with Gasteiger partial charge in [0.2, 0.25) is 0 Å². The van der Waals surface area contributed by atoms with Gasteiger partial charge in [0.15, 0.2) is 0 Å². The molecule has 1 heterocycles. The third-order valence-corrected chi connectivity index (χ3v) is 4.27. The smallest absolute Gasteiger partial charge is 0.253 e. The number of carbonyl (C=O) groups excluding carboxylic acids is 1. The summed E-state index contributed by atoms with van der Waals surface area (Å²) in [4.78, 5) is 14.0. The van der Waals surface area contributed by atoms with E-state index < -0.39 is 0 Å². The van der Waals surface area contributed by atoms with Crippen molar-refractivity contribution in [1.82, 2.24) is 4.90 Å². The number of carbonyl (C=O) groups is 1. The van der Waals surface area contributed by atoms with Gasteiger partial charge in [-0.3, -0.25) is 4.79 Å². The number of phenolic OH excluding ortho intramolecular Hbond substituents is 1. The number of halogens is 1. The van der Waals surface area contributed by atoms with E-state index in [2.05, 4.69) is 0 Å². The number of hydrogen-bond donors (Lipinski definition) is 2. The lowest BCUT2D eigenvalue weighted by Crippen LogP contribution is -2.39. The van der Waals surface area contributed by atoms with Gasteiger partial charge in [0, 0.05) is 25.3 Å². The minimum absolute atomic E-state index is 0.0434. The van der Waals surface area contributed by atoms with Crippen LogP contribution in [0.15, 0.2) is 18.2 Å². The fourth-order valence-electron chi connectivity index (χ4n) is 2.15. The lowest BCUT2D eigenvalue weighted by Gasteiger charge is -2.31. The van der Waals surface area contributed by atoms with Crippen molar-refractivity contribution in [2.45, 2.75) is 12.8 Å². The number of aliphatic hydroxyl groups is 1. The van der Waals surface area contributed by atoms with Crippen LogP contribution >= 0.6 is 22.6 Å². The molecule has 4 nitrogen and oxygen atoms in total. The molecule has 1 fully saturated rings. The molecule has 0 saturated carbocycles. The maximum Gasteiger partial charge on any atom is 0.253 e. The number of likely N-dealkylation sites (tertiary alicyclic amines) is 1. The fourth-order valence-corrected chi connectivity index (χ4v) is 2.48. The van der Waals surface area contributed by atoms with Crippen molar-refractivity contribution in [3.63, 3.8) is 0 Å². The number of rotatable bonds is 2. The van der Waals surface area contributed by atoms with Crippen LogP contribution in [0.4, 0.5) is 0 Å². The summed E-state index contributed by atoms with van der Waals surface area (Å²) in [6, 6.07) is 4.99. The molecule has 1 aliphatic heterocycles. The Morgan fingerprint density at radius 3 is 2.61 bits per heavy atom. The third-order valence-electron chi connectivity index (χ3n) is 3.35. The molecular weight excluding hydrogens is 345 g/mol. The molecule has 0 atom stereocenters. The summed E-state index contributed by atoms with van der Waals surface area (Å²) in [5, 5.41) is 18.7. The predicted molar refractivity (Wildman–Crippen MR) is 76.5 cm³/mol. The predicted octanol–water partition coefficient (Wildman–Crippen LogP) is 1.84. The highest BCUT2D eigenvalue weighted by Gasteiger charge is 2.23. The van der Waals surface area contributed by atoms with E-state index in [1.807, 2.05) is 22.6 Å². The van der Waals surface area contributed by atoms with Gasteiger partial charge in [0.05, 0.1) is 3.57 Å². The van der Waals surface area contributed by atoms with Gasteiger partial charge >= 0.3 is 0 Å². The molecule has 1 amide bonds. The molecule has 98 valence electrons. The molecule has 0 bridgehead atoms. The number of aromatic hydroxyl groups is 1. The van der Waals surface area contributed by atoms with Crippen LogP contribution in [-0.4, -0.2) is 40.7 Å². The van der Waals surface area contributed by atoms with E-state index in [-0.39, 0.29) is 18.3 Å². The highest BCUT2D eigenvalue weighted by molar-refractivity contribution is 14.1. The largest absolute Gasteiger partial charge is 0.507 e. The van der Waals surface area contributed by atoms with Crippen LogP contribution in [0.1, 0.15) is 23.2 Å². The molecule has 2 rings (SSSR count). The first kappa shape index (κ1) is 13.6. The van der Waals surface area contributed by atoms with Gasteiger partial charge in [-0.15, -0.1) is 0 Å². The zero-order chi connectivity index (χ0) is 13.1.